The van der Waals surface area contributed by atoms with Crippen LogP contribution in [0.25, 0.3) is 0 Å². The summed E-state index contributed by atoms with van der Waals surface area (Å²) in [5, 5.41) is 13.6. The molecule has 0 aliphatic carbocycles. The number of rotatable bonds is 8. The lowest BCUT2D eigenvalue weighted by Gasteiger charge is -2.16. The minimum absolute atomic E-state index is 0.0307. The molecule has 0 fully saturated rings. The average Bonchev–Trinajstić information content (AvgIpc) is 2.84. The molecule has 0 amide bonds. The molecule has 154 valence electrons. The van der Waals surface area contributed by atoms with E-state index in [0.717, 1.165) is 16.4 Å². The molecule has 4 aromatic rings. The van der Waals surface area contributed by atoms with Crippen LogP contribution >= 0.6 is 8.20 Å². The molecule has 0 atom stereocenters. The summed E-state index contributed by atoms with van der Waals surface area (Å²) in [6.07, 6.45) is 0. The summed E-state index contributed by atoms with van der Waals surface area (Å²) in [4.78, 5) is 0. The van der Waals surface area contributed by atoms with E-state index >= 15 is 0 Å². The quantitative estimate of drug-likeness (QED) is 0.375. The third kappa shape index (κ3) is 6.05. The molecule has 0 unspecified atom stereocenters. The molecule has 4 heteroatoms. The second kappa shape index (κ2) is 10.6. The van der Waals surface area contributed by atoms with Crippen molar-refractivity contribution in [2.45, 2.75) is 13.2 Å². The molecule has 0 N–H and O–H groups in total. The number of hydrogen-bond acceptors (Lipinski definition) is 3. The van der Waals surface area contributed by atoms with Gasteiger partial charge in [0.15, 0.2) is 0 Å². The van der Waals surface area contributed by atoms with Crippen molar-refractivity contribution in [3.8, 4) is 11.5 Å². The first-order valence-electron chi connectivity index (χ1n) is 10.1. The van der Waals surface area contributed by atoms with Crippen LogP contribution in [0.15, 0.2) is 109 Å². The molecule has 0 saturated carbocycles. The topological polar surface area (TPSA) is 41.5 Å². The van der Waals surface area contributed by atoms with Crippen molar-refractivity contribution < 1.29 is 14.6 Å². The SMILES string of the molecule is [O-]C(=Pc1ccc(OCc2ccccc2)cc1OCc1ccccc1)c1ccccc1. The van der Waals surface area contributed by atoms with Crippen LogP contribution < -0.4 is 19.9 Å². The Morgan fingerprint density at radius 2 is 1.19 bits per heavy atom. The van der Waals surface area contributed by atoms with Gasteiger partial charge in [0.2, 0.25) is 0 Å². The van der Waals surface area contributed by atoms with Gasteiger partial charge in [-0.1, -0.05) is 99.2 Å². The van der Waals surface area contributed by atoms with Crippen molar-refractivity contribution in [1.29, 1.82) is 0 Å². The first-order chi connectivity index (χ1) is 15.3. The summed E-state index contributed by atoms with van der Waals surface area (Å²) >= 11 is 0. The summed E-state index contributed by atoms with van der Waals surface area (Å²) in [5.74, 6) is 1.36. The van der Waals surface area contributed by atoms with Gasteiger partial charge in [-0.2, -0.15) is 0 Å². The van der Waals surface area contributed by atoms with Crippen LogP contribution in [0.2, 0.25) is 0 Å². The number of ether oxygens (including phenoxy) is 2. The van der Waals surface area contributed by atoms with Gasteiger partial charge >= 0.3 is 0 Å². The van der Waals surface area contributed by atoms with Crippen molar-refractivity contribution in [2.24, 2.45) is 0 Å². The van der Waals surface area contributed by atoms with Gasteiger partial charge in [0.25, 0.3) is 0 Å². The normalized spacial score (nSPS) is 11.2. The van der Waals surface area contributed by atoms with Crippen LogP contribution in [0.3, 0.4) is 0 Å². The van der Waals surface area contributed by atoms with E-state index < -0.39 is 0 Å². The largest absolute Gasteiger partial charge is 0.823 e. The van der Waals surface area contributed by atoms with E-state index in [2.05, 4.69) is 0 Å². The van der Waals surface area contributed by atoms with Crippen molar-refractivity contribution in [1.82, 2.24) is 0 Å². The molecule has 0 spiro atoms. The molecular formula is C27H22O3P-. The Morgan fingerprint density at radius 1 is 0.645 bits per heavy atom. The first-order valence-corrected chi connectivity index (χ1v) is 11.0. The lowest BCUT2D eigenvalue weighted by Crippen LogP contribution is -2.18. The Labute approximate surface area is 184 Å². The molecule has 0 radical (unpaired) electrons. The lowest BCUT2D eigenvalue weighted by molar-refractivity contribution is -0.207. The van der Waals surface area contributed by atoms with Gasteiger partial charge < -0.3 is 14.6 Å². The summed E-state index contributed by atoms with van der Waals surface area (Å²) < 4.78 is 12.1. The van der Waals surface area contributed by atoms with Crippen molar-refractivity contribution in [3.63, 3.8) is 0 Å². The Bertz CT molecular complexity index is 1130. The van der Waals surface area contributed by atoms with Gasteiger partial charge in [0, 0.05) is 11.4 Å². The smallest absolute Gasteiger partial charge is 0.135 e. The van der Waals surface area contributed by atoms with Crippen LogP contribution in [0, 0.1) is 0 Å². The van der Waals surface area contributed by atoms with E-state index in [0.29, 0.717) is 38.5 Å². The van der Waals surface area contributed by atoms with Gasteiger partial charge in [-0.05, 0) is 28.8 Å². The number of benzene rings is 4. The maximum atomic E-state index is 12.7. The van der Waals surface area contributed by atoms with Crippen LogP contribution in [0.1, 0.15) is 16.7 Å². The van der Waals surface area contributed by atoms with E-state index in [1.807, 2.05) is 109 Å². The van der Waals surface area contributed by atoms with Gasteiger partial charge in [0.1, 0.15) is 24.7 Å². The summed E-state index contributed by atoms with van der Waals surface area (Å²) in [7, 11) is 0.568. The van der Waals surface area contributed by atoms with Crippen LogP contribution in [0.4, 0.5) is 0 Å². The highest BCUT2D eigenvalue weighted by Crippen LogP contribution is 2.24. The summed E-state index contributed by atoms with van der Waals surface area (Å²) in [6.45, 7) is 0.893. The van der Waals surface area contributed by atoms with Gasteiger partial charge in [-0.25, -0.2) is 0 Å². The highest BCUT2D eigenvalue weighted by Gasteiger charge is 2.07. The molecule has 0 aromatic heterocycles. The predicted molar refractivity (Wildman–Crippen MR) is 125 cm³/mol. The molecule has 0 aliphatic heterocycles. The Hall–Kier alpha value is -3.39. The molecule has 4 aromatic carbocycles. The second-order valence-electron chi connectivity index (χ2n) is 6.96. The summed E-state index contributed by atoms with van der Waals surface area (Å²) in [6, 6.07) is 35.0. The zero-order valence-corrected chi connectivity index (χ0v) is 17.9. The van der Waals surface area contributed by atoms with Gasteiger partial charge in [0.05, 0.1) is 0 Å². The molecule has 0 saturated heterocycles. The molecule has 0 bridgehead atoms. The first kappa shape index (κ1) is 20.9. The molecule has 3 nitrogen and oxygen atoms in total. The zero-order chi connectivity index (χ0) is 21.3. The van der Waals surface area contributed by atoms with E-state index in [9.17, 15) is 5.11 Å². The van der Waals surface area contributed by atoms with Crippen molar-refractivity contribution >= 4 is 19.0 Å². The second-order valence-corrected chi connectivity index (χ2v) is 8.07. The predicted octanol–water partition coefficient (Wildman–Crippen LogP) is 4.95. The standard InChI is InChI=1S/C27H23O3P/c28-27(23-14-8-3-9-15-23)31-26-17-16-24(29-19-21-10-4-1-5-11-21)18-25(26)30-20-22-12-6-2-7-13-22/h1-18,28H,19-20H2/p-1. The summed E-state index contributed by atoms with van der Waals surface area (Å²) in [5.41, 5.74) is 2.87. The van der Waals surface area contributed by atoms with Crippen molar-refractivity contribution in [2.75, 3.05) is 0 Å². The monoisotopic (exact) mass is 425 g/mol. The van der Waals surface area contributed by atoms with Gasteiger partial charge in [-0.15, -0.1) is 5.48 Å². The van der Waals surface area contributed by atoms with Crippen LogP contribution in [-0.4, -0.2) is 5.48 Å². The fourth-order valence-corrected chi connectivity index (χ4v) is 3.91. The fraction of sp³-hybridized carbons (Fsp3) is 0.0741. The Balaban J connectivity index is 1.58. The van der Waals surface area contributed by atoms with E-state index in [4.69, 9.17) is 9.47 Å². The van der Waals surface area contributed by atoms with E-state index in [1.54, 1.807) is 0 Å². The van der Waals surface area contributed by atoms with Gasteiger partial charge in [-0.3, -0.25) is 0 Å². The van der Waals surface area contributed by atoms with Crippen LogP contribution in [-0.2, 0) is 13.2 Å². The minimum atomic E-state index is 0.0307. The maximum absolute atomic E-state index is 12.7. The third-order valence-electron chi connectivity index (χ3n) is 4.66. The van der Waals surface area contributed by atoms with E-state index in [-0.39, 0.29) is 5.48 Å². The molecular weight excluding hydrogens is 403 g/mol. The lowest BCUT2D eigenvalue weighted by atomic mass is 10.2. The molecule has 31 heavy (non-hydrogen) atoms. The molecule has 0 heterocycles. The zero-order valence-electron chi connectivity index (χ0n) is 17.0. The Morgan fingerprint density at radius 3 is 1.81 bits per heavy atom. The van der Waals surface area contributed by atoms with E-state index in [1.165, 1.54) is 0 Å². The van der Waals surface area contributed by atoms with Crippen LogP contribution in [0.5, 0.6) is 11.5 Å². The molecule has 4 rings (SSSR count). The minimum Gasteiger partial charge on any atom is -0.823 e. The van der Waals surface area contributed by atoms with Crippen molar-refractivity contribution in [3.05, 3.63) is 126 Å². The highest BCUT2D eigenvalue weighted by molar-refractivity contribution is 7.49. The fourth-order valence-electron chi connectivity index (χ4n) is 3.02. The third-order valence-corrected chi connectivity index (χ3v) is 5.73. The highest BCUT2D eigenvalue weighted by atomic mass is 31.1. The molecule has 0 aliphatic rings. The Kier molecular flexibility index (Phi) is 7.12. The maximum Gasteiger partial charge on any atom is 0.135 e. The average molecular weight is 425 g/mol. The number of hydrogen-bond donors (Lipinski definition) is 0.